The molecule has 92 valence electrons. The predicted octanol–water partition coefficient (Wildman–Crippen LogP) is 0.181. The van der Waals surface area contributed by atoms with Crippen molar-refractivity contribution in [3.05, 3.63) is 0 Å². The SMILES string of the molecule is COC(=O)C(Br)CNCCC(=O)NC1CC1. The Hall–Kier alpha value is -0.620. The number of rotatable bonds is 7. The lowest BCUT2D eigenvalue weighted by Gasteiger charge is -2.09. The van der Waals surface area contributed by atoms with Gasteiger partial charge in [-0.05, 0) is 12.8 Å². The number of amides is 1. The van der Waals surface area contributed by atoms with E-state index < -0.39 is 0 Å². The van der Waals surface area contributed by atoms with E-state index in [4.69, 9.17) is 0 Å². The molecule has 0 aromatic heterocycles. The molecule has 1 saturated carbocycles. The van der Waals surface area contributed by atoms with E-state index in [1.54, 1.807) is 0 Å². The lowest BCUT2D eigenvalue weighted by molar-refractivity contribution is -0.139. The normalized spacial score (nSPS) is 16.6. The quantitative estimate of drug-likeness (QED) is 0.399. The van der Waals surface area contributed by atoms with Crippen LogP contribution in [0.1, 0.15) is 19.3 Å². The largest absolute Gasteiger partial charge is 0.468 e. The molecule has 0 radical (unpaired) electrons. The average Bonchev–Trinajstić information content (AvgIpc) is 3.06. The lowest BCUT2D eigenvalue weighted by Crippen LogP contribution is -2.33. The molecule has 5 nitrogen and oxygen atoms in total. The first-order chi connectivity index (χ1) is 7.63. The molecule has 0 aliphatic heterocycles. The summed E-state index contributed by atoms with van der Waals surface area (Å²) in [4.78, 5) is 21.9. The molecule has 1 fully saturated rings. The minimum atomic E-state index is -0.357. The predicted molar refractivity (Wildman–Crippen MR) is 63.4 cm³/mol. The Balaban J connectivity index is 1.97. The van der Waals surface area contributed by atoms with Gasteiger partial charge in [-0.25, -0.2) is 0 Å². The summed E-state index contributed by atoms with van der Waals surface area (Å²) in [6, 6.07) is 0.409. The Morgan fingerprint density at radius 1 is 1.50 bits per heavy atom. The lowest BCUT2D eigenvalue weighted by atomic mass is 10.3. The number of methoxy groups -OCH3 is 1. The maximum atomic E-state index is 11.3. The highest BCUT2D eigenvalue weighted by Crippen LogP contribution is 2.18. The molecule has 1 atom stereocenters. The Labute approximate surface area is 103 Å². The van der Waals surface area contributed by atoms with Crippen LogP contribution in [0.2, 0.25) is 0 Å². The van der Waals surface area contributed by atoms with E-state index in [0.29, 0.717) is 25.6 Å². The van der Waals surface area contributed by atoms with Crippen molar-refractivity contribution in [2.45, 2.75) is 30.1 Å². The Morgan fingerprint density at radius 3 is 2.75 bits per heavy atom. The summed E-state index contributed by atoms with van der Waals surface area (Å²) in [6.45, 7) is 1.03. The van der Waals surface area contributed by atoms with E-state index in [-0.39, 0.29) is 16.7 Å². The van der Waals surface area contributed by atoms with E-state index >= 15 is 0 Å². The third kappa shape index (κ3) is 5.46. The van der Waals surface area contributed by atoms with Crippen LogP contribution >= 0.6 is 15.9 Å². The van der Waals surface area contributed by atoms with Gasteiger partial charge in [0.15, 0.2) is 0 Å². The minimum absolute atomic E-state index is 0.0687. The van der Waals surface area contributed by atoms with Gasteiger partial charge in [-0.2, -0.15) is 0 Å². The number of ether oxygens (including phenoxy) is 1. The van der Waals surface area contributed by atoms with E-state index in [2.05, 4.69) is 31.3 Å². The molecule has 0 bridgehead atoms. The molecule has 0 heterocycles. The van der Waals surface area contributed by atoms with Crippen LogP contribution in [-0.2, 0) is 14.3 Å². The number of hydrogen-bond donors (Lipinski definition) is 2. The Kier molecular flexibility index (Phi) is 5.76. The molecule has 1 unspecified atom stereocenters. The zero-order chi connectivity index (χ0) is 12.0. The van der Waals surface area contributed by atoms with Gasteiger partial charge in [-0.1, -0.05) is 15.9 Å². The fourth-order valence-corrected chi connectivity index (χ4v) is 1.59. The van der Waals surface area contributed by atoms with Crippen LogP contribution in [0.3, 0.4) is 0 Å². The number of carbonyl (C=O) groups excluding carboxylic acids is 2. The van der Waals surface area contributed by atoms with Crippen molar-refractivity contribution in [3.8, 4) is 0 Å². The van der Waals surface area contributed by atoms with Crippen LogP contribution in [0.5, 0.6) is 0 Å². The summed E-state index contributed by atoms with van der Waals surface area (Å²) in [5, 5.41) is 5.91. The molecule has 16 heavy (non-hydrogen) atoms. The third-order valence-corrected chi connectivity index (χ3v) is 2.95. The maximum absolute atomic E-state index is 11.3. The molecule has 1 amide bonds. The van der Waals surface area contributed by atoms with Crippen molar-refractivity contribution in [3.63, 3.8) is 0 Å². The number of halogens is 1. The van der Waals surface area contributed by atoms with Crippen molar-refractivity contribution in [1.29, 1.82) is 0 Å². The smallest absolute Gasteiger partial charge is 0.320 e. The highest BCUT2D eigenvalue weighted by molar-refractivity contribution is 9.10. The Bertz CT molecular complexity index is 256. The molecule has 0 saturated heterocycles. The molecule has 1 aliphatic rings. The average molecular weight is 293 g/mol. The van der Waals surface area contributed by atoms with Crippen molar-refractivity contribution in [2.24, 2.45) is 0 Å². The summed E-state index contributed by atoms with van der Waals surface area (Å²) in [5.74, 6) is -0.242. The maximum Gasteiger partial charge on any atom is 0.320 e. The summed E-state index contributed by atoms with van der Waals surface area (Å²) < 4.78 is 4.55. The first-order valence-electron chi connectivity index (χ1n) is 5.35. The second-order valence-electron chi connectivity index (χ2n) is 3.79. The van der Waals surface area contributed by atoms with Crippen molar-refractivity contribution >= 4 is 27.8 Å². The number of esters is 1. The van der Waals surface area contributed by atoms with Gasteiger partial charge in [0.05, 0.1) is 7.11 Å². The van der Waals surface area contributed by atoms with E-state index in [1.165, 1.54) is 7.11 Å². The monoisotopic (exact) mass is 292 g/mol. The van der Waals surface area contributed by atoms with Gasteiger partial charge in [0.1, 0.15) is 4.83 Å². The molecule has 0 spiro atoms. The molecule has 1 rings (SSSR count). The second kappa shape index (κ2) is 6.85. The first kappa shape index (κ1) is 13.4. The topological polar surface area (TPSA) is 67.4 Å². The second-order valence-corrected chi connectivity index (χ2v) is 4.89. The van der Waals surface area contributed by atoms with Crippen LogP contribution in [0, 0.1) is 0 Å². The molecule has 0 aromatic carbocycles. The summed E-state index contributed by atoms with van der Waals surface area (Å²) in [7, 11) is 1.35. The number of carbonyl (C=O) groups is 2. The molecule has 1 aliphatic carbocycles. The zero-order valence-electron chi connectivity index (χ0n) is 9.29. The molecule has 6 heteroatoms. The van der Waals surface area contributed by atoms with E-state index in [1.807, 2.05) is 0 Å². The van der Waals surface area contributed by atoms with Gasteiger partial charge >= 0.3 is 5.97 Å². The highest BCUT2D eigenvalue weighted by Gasteiger charge is 2.22. The van der Waals surface area contributed by atoms with Crippen LogP contribution in [-0.4, -0.2) is 42.9 Å². The van der Waals surface area contributed by atoms with Crippen LogP contribution in [0.4, 0.5) is 0 Å². The van der Waals surface area contributed by atoms with Crippen molar-refractivity contribution < 1.29 is 14.3 Å². The number of hydrogen-bond acceptors (Lipinski definition) is 4. The molecular formula is C10H17BrN2O3. The number of alkyl halides is 1. The Morgan fingerprint density at radius 2 is 2.19 bits per heavy atom. The summed E-state index contributed by atoms with van der Waals surface area (Å²) in [5.41, 5.74) is 0. The van der Waals surface area contributed by atoms with Gasteiger partial charge in [0.25, 0.3) is 0 Å². The fourth-order valence-electron chi connectivity index (χ4n) is 1.17. The first-order valence-corrected chi connectivity index (χ1v) is 6.27. The molecule has 2 N–H and O–H groups in total. The van der Waals surface area contributed by atoms with Crippen LogP contribution < -0.4 is 10.6 Å². The highest BCUT2D eigenvalue weighted by atomic mass is 79.9. The summed E-state index contributed by atoms with van der Waals surface area (Å²) >= 11 is 3.18. The van der Waals surface area contributed by atoms with Crippen LogP contribution in [0.15, 0.2) is 0 Å². The van der Waals surface area contributed by atoms with Gasteiger partial charge in [0, 0.05) is 25.6 Å². The fraction of sp³-hybridized carbons (Fsp3) is 0.800. The number of nitrogens with one attached hydrogen (secondary N) is 2. The van der Waals surface area contributed by atoms with Gasteiger partial charge in [-0.15, -0.1) is 0 Å². The summed E-state index contributed by atoms with van der Waals surface area (Å²) in [6.07, 6.45) is 2.65. The van der Waals surface area contributed by atoms with Crippen molar-refractivity contribution in [2.75, 3.05) is 20.2 Å². The van der Waals surface area contributed by atoms with Crippen LogP contribution in [0.25, 0.3) is 0 Å². The van der Waals surface area contributed by atoms with Gasteiger partial charge in [0.2, 0.25) is 5.91 Å². The zero-order valence-corrected chi connectivity index (χ0v) is 10.9. The molecule has 0 aromatic rings. The molecular weight excluding hydrogens is 276 g/mol. The van der Waals surface area contributed by atoms with E-state index in [9.17, 15) is 9.59 Å². The standard InChI is InChI=1S/C10H17BrN2O3/c1-16-10(15)8(11)6-12-5-4-9(14)13-7-2-3-7/h7-8,12H,2-6H2,1H3,(H,13,14). The van der Waals surface area contributed by atoms with Crippen molar-refractivity contribution in [1.82, 2.24) is 10.6 Å². The van der Waals surface area contributed by atoms with Gasteiger partial charge < -0.3 is 15.4 Å². The van der Waals surface area contributed by atoms with Gasteiger partial charge in [-0.3, -0.25) is 9.59 Å². The minimum Gasteiger partial charge on any atom is -0.468 e. The van der Waals surface area contributed by atoms with E-state index in [0.717, 1.165) is 12.8 Å². The third-order valence-electron chi connectivity index (χ3n) is 2.25.